The molecule has 8 heteroatoms. The maximum absolute atomic E-state index is 12.5. The average Bonchev–Trinajstić information content (AvgIpc) is 3.22. The van der Waals surface area contributed by atoms with Crippen LogP contribution in [0.5, 0.6) is 0 Å². The summed E-state index contributed by atoms with van der Waals surface area (Å²) >= 11 is 1.47. The van der Waals surface area contributed by atoms with E-state index in [2.05, 4.69) is 15.5 Å². The molecule has 2 aromatic heterocycles. The van der Waals surface area contributed by atoms with Gasteiger partial charge in [-0.1, -0.05) is 18.2 Å². The van der Waals surface area contributed by atoms with Gasteiger partial charge in [0, 0.05) is 6.54 Å². The predicted molar refractivity (Wildman–Crippen MR) is 84.5 cm³/mol. The number of benzene rings is 1. The Bertz CT molecular complexity index is 823. The van der Waals surface area contributed by atoms with Crippen LogP contribution in [0, 0.1) is 0 Å². The lowest BCUT2D eigenvalue weighted by atomic mass is 10.1. The van der Waals surface area contributed by atoms with Gasteiger partial charge in [0.2, 0.25) is 0 Å². The molecule has 0 aliphatic heterocycles. The third kappa shape index (κ3) is 3.48. The molecule has 0 radical (unpaired) electrons. The number of aromatic amines is 1. The Kier molecular flexibility index (Phi) is 4.39. The number of nitrogens with one attached hydrogen (secondary N) is 2. The second kappa shape index (κ2) is 6.48. The molecule has 0 unspecified atom stereocenters. The molecule has 0 atom stereocenters. The number of hydrogen-bond donors (Lipinski definition) is 2. The van der Waals surface area contributed by atoms with E-state index in [-0.39, 0.29) is 12.5 Å². The number of carbonyl (C=O) groups is 1. The van der Waals surface area contributed by atoms with Crippen LogP contribution in [-0.4, -0.2) is 16.1 Å². The van der Waals surface area contributed by atoms with Gasteiger partial charge in [0.25, 0.3) is 5.91 Å². The number of halogens is 3. The molecule has 3 aromatic rings. The molecule has 24 heavy (non-hydrogen) atoms. The fourth-order valence-corrected chi connectivity index (χ4v) is 2.89. The first-order chi connectivity index (χ1) is 11.4. The molecule has 4 nitrogen and oxygen atoms in total. The zero-order chi connectivity index (χ0) is 17.2. The van der Waals surface area contributed by atoms with E-state index in [9.17, 15) is 18.0 Å². The van der Waals surface area contributed by atoms with Crippen molar-refractivity contribution in [3.63, 3.8) is 0 Å². The summed E-state index contributed by atoms with van der Waals surface area (Å²) in [6.07, 6.45) is -2.94. The van der Waals surface area contributed by atoms with Gasteiger partial charge < -0.3 is 5.32 Å². The summed E-state index contributed by atoms with van der Waals surface area (Å²) in [5.41, 5.74) is 0.879. The van der Waals surface area contributed by atoms with Crippen molar-refractivity contribution in [1.82, 2.24) is 15.5 Å². The van der Waals surface area contributed by atoms with Crippen molar-refractivity contribution in [2.75, 3.05) is 0 Å². The Morgan fingerprint density at radius 1 is 1.21 bits per heavy atom. The second-order valence-electron chi connectivity index (χ2n) is 5.01. The number of amides is 1. The molecule has 0 saturated carbocycles. The Hall–Kier alpha value is -2.61. The number of thiophene rings is 1. The summed E-state index contributed by atoms with van der Waals surface area (Å²) < 4.78 is 37.6. The molecular formula is C16H12F3N3OS. The summed E-state index contributed by atoms with van der Waals surface area (Å²) in [7, 11) is 0. The third-order valence-electron chi connectivity index (χ3n) is 3.39. The van der Waals surface area contributed by atoms with E-state index >= 15 is 0 Å². The highest BCUT2D eigenvalue weighted by Crippen LogP contribution is 2.29. The molecule has 0 spiro atoms. The zero-order valence-electron chi connectivity index (χ0n) is 12.2. The first kappa shape index (κ1) is 16.3. The van der Waals surface area contributed by atoms with Crippen LogP contribution in [0.3, 0.4) is 0 Å². The van der Waals surface area contributed by atoms with Gasteiger partial charge in [-0.25, -0.2) is 0 Å². The van der Waals surface area contributed by atoms with Crippen LogP contribution < -0.4 is 5.32 Å². The van der Waals surface area contributed by atoms with Gasteiger partial charge in [-0.05, 0) is 29.1 Å². The molecular weight excluding hydrogens is 339 g/mol. The van der Waals surface area contributed by atoms with Crippen molar-refractivity contribution in [3.05, 3.63) is 64.7 Å². The number of rotatable bonds is 4. The number of aromatic nitrogens is 2. The Morgan fingerprint density at radius 2 is 1.96 bits per heavy atom. The summed E-state index contributed by atoms with van der Waals surface area (Å²) in [5.74, 6) is -0.341. The molecule has 0 aliphatic rings. The lowest BCUT2D eigenvalue weighted by Crippen LogP contribution is -2.23. The molecule has 0 saturated heterocycles. The lowest BCUT2D eigenvalue weighted by molar-refractivity contribution is -0.137. The third-order valence-corrected chi connectivity index (χ3v) is 4.27. The quantitative estimate of drug-likeness (QED) is 0.744. The van der Waals surface area contributed by atoms with E-state index in [0.717, 1.165) is 17.0 Å². The number of hydrogen-bond acceptors (Lipinski definition) is 3. The van der Waals surface area contributed by atoms with Gasteiger partial charge in [-0.15, -0.1) is 11.3 Å². The fraction of sp³-hybridized carbons (Fsp3) is 0.125. The largest absolute Gasteiger partial charge is 0.416 e. The van der Waals surface area contributed by atoms with Gasteiger partial charge in [-0.3, -0.25) is 9.89 Å². The summed E-state index contributed by atoms with van der Waals surface area (Å²) in [6, 6.07) is 8.42. The van der Waals surface area contributed by atoms with Gasteiger partial charge in [0.05, 0.1) is 27.9 Å². The molecule has 1 amide bonds. The van der Waals surface area contributed by atoms with Crippen molar-refractivity contribution in [2.45, 2.75) is 12.7 Å². The average molecular weight is 351 g/mol. The Labute approximate surface area is 139 Å². The maximum Gasteiger partial charge on any atom is 0.416 e. The zero-order valence-corrected chi connectivity index (χ0v) is 13.0. The number of carbonyl (C=O) groups excluding carboxylic acids is 1. The van der Waals surface area contributed by atoms with Crippen molar-refractivity contribution < 1.29 is 18.0 Å². The van der Waals surface area contributed by atoms with E-state index in [4.69, 9.17) is 0 Å². The monoisotopic (exact) mass is 351 g/mol. The van der Waals surface area contributed by atoms with E-state index in [1.807, 2.05) is 17.5 Å². The molecule has 0 fully saturated rings. The van der Waals surface area contributed by atoms with Gasteiger partial charge in [0.15, 0.2) is 0 Å². The fourth-order valence-electron chi connectivity index (χ4n) is 2.16. The van der Waals surface area contributed by atoms with Gasteiger partial charge in [-0.2, -0.15) is 18.3 Å². The van der Waals surface area contributed by atoms with Crippen LogP contribution >= 0.6 is 11.3 Å². The van der Waals surface area contributed by atoms with Gasteiger partial charge >= 0.3 is 6.18 Å². The molecule has 1 aromatic carbocycles. The first-order valence-electron chi connectivity index (χ1n) is 6.97. The SMILES string of the molecule is O=C(NCc1ccc(C(F)(F)F)cc1)c1cn[nH]c1-c1cccs1. The molecule has 2 heterocycles. The predicted octanol–water partition coefficient (Wildman–Crippen LogP) is 4.09. The topological polar surface area (TPSA) is 57.8 Å². The molecule has 2 N–H and O–H groups in total. The van der Waals surface area contributed by atoms with Crippen molar-refractivity contribution in [1.29, 1.82) is 0 Å². The van der Waals surface area contributed by atoms with Crippen LogP contribution in [0.2, 0.25) is 0 Å². The number of alkyl halides is 3. The van der Waals surface area contributed by atoms with E-state index < -0.39 is 11.7 Å². The maximum atomic E-state index is 12.5. The van der Waals surface area contributed by atoms with E-state index in [1.54, 1.807) is 0 Å². The smallest absolute Gasteiger partial charge is 0.348 e. The van der Waals surface area contributed by atoms with Crippen molar-refractivity contribution >= 4 is 17.2 Å². The van der Waals surface area contributed by atoms with Crippen LogP contribution in [0.1, 0.15) is 21.5 Å². The summed E-state index contributed by atoms with van der Waals surface area (Å²) in [6.45, 7) is 0.131. The molecule has 0 aliphatic carbocycles. The minimum Gasteiger partial charge on any atom is -0.348 e. The highest BCUT2D eigenvalue weighted by Gasteiger charge is 2.29. The Morgan fingerprint density at radius 3 is 2.58 bits per heavy atom. The second-order valence-corrected chi connectivity index (χ2v) is 5.96. The van der Waals surface area contributed by atoms with Gasteiger partial charge in [0.1, 0.15) is 0 Å². The highest BCUT2D eigenvalue weighted by molar-refractivity contribution is 7.13. The van der Waals surface area contributed by atoms with Crippen LogP contribution in [0.15, 0.2) is 48.0 Å². The molecule has 0 bridgehead atoms. The van der Waals surface area contributed by atoms with Crippen LogP contribution in [-0.2, 0) is 12.7 Å². The van der Waals surface area contributed by atoms with E-state index in [0.29, 0.717) is 16.8 Å². The number of H-pyrrole nitrogens is 1. The van der Waals surface area contributed by atoms with Crippen LogP contribution in [0.4, 0.5) is 13.2 Å². The summed E-state index contributed by atoms with van der Waals surface area (Å²) in [5, 5.41) is 11.2. The normalized spacial score (nSPS) is 11.5. The lowest BCUT2D eigenvalue weighted by Gasteiger charge is -2.08. The minimum atomic E-state index is -4.37. The Balaban J connectivity index is 1.67. The summed E-state index contributed by atoms with van der Waals surface area (Å²) in [4.78, 5) is 13.2. The molecule has 124 valence electrons. The van der Waals surface area contributed by atoms with Crippen molar-refractivity contribution in [2.24, 2.45) is 0 Å². The molecule has 3 rings (SSSR count). The highest BCUT2D eigenvalue weighted by atomic mass is 32.1. The first-order valence-corrected chi connectivity index (χ1v) is 7.84. The minimum absolute atomic E-state index is 0.131. The van der Waals surface area contributed by atoms with E-state index in [1.165, 1.54) is 29.7 Å². The standard InChI is InChI=1S/C16H12F3N3OS/c17-16(18,19)11-5-3-10(4-6-11)8-20-15(23)12-9-21-22-14(12)13-2-1-7-24-13/h1-7,9H,8H2,(H,20,23)(H,21,22). The van der Waals surface area contributed by atoms with Crippen molar-refractivity contribution in [3.8, 4) is 10.6 Å². The van der Waals surface area contributed by atoms with Crippen LogP contribution in [0.25, 0.3) is 10.6 Å². The number of nitrogens with zero attached hydrogens (tertiary/aromatic N) is 1.